The molecule has 1 aliphatic carbocycles. The number of sulfonamides is 1. The fourth-order valence-electron chi connectivity index (χ4n) is 2.13. The first kappa shape index (κ1) is 15.3. The van der Waals surface area contributed by atoms with Crippen LogP contribution >= 0.6 is 27.5 Å². The number of halogens is 2. The van der Waals surface area contributed by atoms with Crippen LogP contribution in [0, 0.1) is 11.3 Å². The molecule has 1 aromatic carbocycles. The predicted molar refractivity (Wildman–Crippen MR) is 80.8 cm³/mol. The molecule has 0 spiro atoms. The third-order valence-corrected chi connectivity index (χ3v) is 6.29. The minimum atomic E-state index is -3.54. The van der Waals surface area contributed by atoms with Crippen molar-refractivity contribution in [2.45, 2.75) is 31.6 Å². The maximum atomic E-state index is 12.3. The molecule has 1 N–H and O–H groups in total. The molecule has 0 atom stereocenters. The van der Waals surface area contributed by atoms with E-state index in [1.54, 1.807) is 12.1 Å². The molecule has 0 radical (unpaired) electrons. The van der Waals surface area contributed by atoms with Crippen molar-refractivity contribution in [2.24, 2.45) is 11.3 Å². The number of rotatable bonds is 5. The SMILES string of the molecule is CC(C)C1(CNS(=O)(=O)c2ccc(Br)cc2Cl)CC1. The van der Waals surface area contributed by atoms with Crippen LogP contribution in [0.25, 0.3) is 0 Å². The predicted octanol–water partition coefficient (Wildman–Crippen LogP) is 3.82. The van der Waals surface area contributed by atoms with Gasteiger partial charge in [0.25, 0.3) is 0 Å². The highest BCUT2D eigenvalue weighted by molar-refractivity contribution is 9.10. The quantitative estimate of drug-likeness (QED) is 0.861. The van der Waals surface area contributed by atoms with Gasteiger partial charge in [-0.25, -0.2) is 13.1 Å². The third kappa shape index (κ3) is 3.32. The Hall–Kier alpha value is -0.100. The Bertz CT molecular complexity index is 582. The zero-order valence-corrected chi connectivity index (χ0v) is 14.1. The topological polar surface area (TPSA) is 46.2 Å². The Kier molecular flexibility index (Phi) is 4.31. The number of hydrogen-bond donors (Lipinski definition) is 1. The van der Waals surface area contributed by atoms with Crippen molar-refractivity contribution in [3.8, 4) is 0 Å². The Morgan fingerprint density at radius 1 is 1.42 bits per heavy atom. The Labute approximate surface area is 127 Å². The van der Waals surface area contributed by atoms with Crippen LogP contribution in [-0.4, -0.2) is 15.0 Å². The van der Waals surface area contributed by atoms with Gasteiger partial charge >= 0.3 is 0 Å². The largest absolute Gasteiger partial charge is 0.242 e. The van der Waals surface area contributed by atoms with Crippen molar-refractivity contribution in [1.82, 2.24) is 4.72 Å². The van der Waals surface area contributed by atoms with Crippen molar-refractivity contribution in [3.63, 3.8) is 0 Å². The summed E-state index contributed by atoms with van der Waals surface area (Å²) in [4.78, 5) is 0.136. The summed E-state index contributed by atoms with van der Waals surface area (Å²) in [5.41, 5.74) is 0.134. The smallest absolute Gasteiger partial charge is 0.211 e. The van der Waals surface area contributed by atoms with Crippen LogP contribution in [0.3, 0.4) is 0 Å². The average Bonchev–Trinajstić information content (AvgIpc) is 3.07. The van der Waals surface area contributed by atoms with Gasteiger partial charge in [0.1, 0.15) is 4.90 Å². The van der Waals surface area contributed by atoms with Gasteiger partial charge in [0.15, 0.2) is 0 Å². The normalized spacial score (nSPS) is 17.7. The Balaban J connectivity index is 2.15. The summed E-state index contributed by atoms with van der Waals surface area (Å²) >= 11 is 9.26. The van der Waals surface area contributed by atoms with E-state index in [9.17, 15) is 8.42 Å². The average molecular weight is 367 g/mol. The summed E-state index contributed by atoms with van der Waals surface area (Å²) in [5.74, 6) is 0.482. The lowest BCUT2D eigenvalue weighted by Crippen LogP contribution is -2.32. The van der Waals surface area contributed by atoms with Crippen molar-refractivity contribution in [3.05, 3.63) is 27.7 Å². The van der Waals surface area contributed by atoms with E-state index in [4.69, 9.17) is 11.6 Å². The Morgan fingerprint density at radius 3 is 2.53 bits per heavy atom. The van der Waals surface area contributed by atoms with Crippen molar-refractivity contribution in [1.29, 1.82) is 0 Å². The molecule has 0 heterocycles. The summed E-state index contributed by atoms with van der Waals surface area (Å²) < 4.78 is 28.0. The van der Waals surface area contributed by atoms with E-state index in [1.807, 2.05) is 0 Å². The molecule has 6 heteroatoms. The lowest BCUT2D eigenvalue weighted by Gasteiger charge is -2.20. The van der Waals surface area contributed by atoms with E-state index in [0.717, 1.165) is 17.3 Å². The summed E-state index contributed by atoms with van der Waals surface area (Å²) in [6.45, 7) is 4.75. The molecule has 19 heavy (non-hydrogen) atoms. The van der Waals surface area contributed by atoms with E-state index in [0.29, 0.717) is 12.5 Å². The second-order valence-corrected chi connectivity index (χ2v) is 8.47. The van der Waals surface area contributed by atoms with Crippen molar-refractivity contribution >= 4 is 37.6 Å². The minimum Gasteiger partial charge on any atom is -0.211 e. The van der Waals surface area contributed by atoms with Crippen LogP contribution in [0.15, 0.2) is 27.6 Å². The molecule has 2 rings (SSSR count). The van der Waals surface area contributed by atoms with Gasteiger partial charge in [0.2, 0.25) is 10.0 Å². The molecule has 0 saturated heterocycles. The highest BCUT2D eigenvalue weighted by Gasteiger charge is 2.45. The van der Waals surface area contributed by atoms with Gasteiger partial charge < -0.3 is 0 Å². The van der Waals surface area contributed by atoms with E-state index >= 15 is 0 Å². The van der Waals surface area contributed by atoms with Gasteiger partial charge in [-0.15, -0.1) is 0 Å². The maximum Gasteiger partial charge on any atom is 0.242 e. The summed E-state index contributed by atoms with van der Waals surface area (Å²) in [7, 11) is -3.54. The van der Waals surface area contributed by atoms with Crippen LogP contribution in [-0.2, 0) is 10.0 Å². The fraction of sp³-hybridized carbons (Fsp3) is 0.538. The van der Waals surface area contributed by atoms with Crippen LogP contribution < -0.4 is 4.72 Å². The molecule has 1 aliphatic rings. The molecule has 0 aromatic heterocycles. The maximum absolute atomic E-state index is 12.3. The molecule has 1 saturated carbocycles. The van der Waals surface area contributed by atoms with E-state index in [1.165, 1.54) is 6.07 Å². The summed E-state index contributed by atoms with van der Waals surface area (Å²) in [6.07, 6.45) is 2.17. The first-order valence-corrected chi connectivity index (χ1v) is 8.87. The minimum absolute atomic E-state index is 0.134. The molecule has 1 aromatic rings. The second-order valence-electron chi connectivity index (χ2n) is 5.42. The van der Waals surface area contributed by atoms with Gasteiger partial charge in [-0.3, -0.25) is 0 Å². The molecule has 106 valence electrons. The van der Waals surface area contributed by atoms with Gasteiger partial charge in [0.05, 0.1) is 5.02 Å². The molecular weight excluding hydrogens is 350 g/mol. The van der Waals surface area contributed by atoms with E-state index in [2.05, 4.69) is 34.5 Å². The van der Waals surface area contributed by atoms with Crippen LogP contribution in [0.4, 0.5) is 0 Å². The molecule has 0 bridgehead atoms. The molecule has 0 unspecified atom stereocenters. The lowest BCUT2D eigenvalue weighted by molar-refractivity contribution is 0.357. The first-order chi connectivity index (χ1) is 8.77. The van der Waals surface area contributed by atoms with E-state index < -0.39 is 10.0 Å². The fourth-order valence-corrected chi connectivity index (χ4v) is 4.30. The molecule has 1 fully saturated rings. The van der Waals surface area contributed by atoms with Crippen LogP contribution in [0.2, 0.25) is 5.02 Å². The highest BCUT2D eigenvalue weighted by Crippen LogP contribution is 2.51. The molecule has 0 amide bonds. The zero-order valence-electron chi connectivity index (χ0n) is 10.9. The summed E-state index contributed by atoms with van der Waals surface area (Å²) in [5, 5.41) is 0.233. The van der Waals surface area contributed by atoms with Gasteiger partial charge in [-0.1, -0.05) is 41.4 Å². The second kappa shape index (κ2) is 5.35. The Morgan fingerprint density at radius 2 is 2.05 bits per heavy atom. The van der Waals surface area contributed by atoms with Crippen LogP contribution in [0.1, 0.15) is 26.7 Å². The van der Waals surface area contributed by atoms with Crippen molar-refractivity contribution < 1.29 is 8.42 Å². The zero-order chi connectivity index (χ0) is 14.3. The third-order valence-electron chi connectivity index (χ3n) is 3.91. The van der Waals surface area contributed by atoms with E-state index in [-0.39, 0.29) is 15.3 Å². The van der Waals surface area contributed by atoms with Crippen molar-refractivity contribution in [2.75, 3.05) is 6.54 Å². The van der Waals surface area contributed by atoms with Gasteiger partial charge in [-0.05, 0) is 42.4 Å². The molecule has 0 aliphatic heterocycles. The monoisotopic (exact) mass is 365 g/mol. The number of hydrogen-bond acceptors (Lipinski definition) is 2. The first-order valence-electron chi connectivity index (χ1n) is 6.22. The van der Waals surface area contributed by atoms with Gasteiger partial charge in [0, 0.05) is 11.0 Å². The molecular formula is C13H17BrClNO2S. The summed E-state index contributed by atoms with van der Waals surface area (Å²) in [6, 6.07) is 4.78. The highest BCUT2D eigenvalue weighted by atomic mass is 79.9. The number of nitrogens with one attached hydrogen (secondary N) is 1. The number of benzene rings is 1. The van der Waals surface area contributed by atoms with Gasteiger partial charge in [-0.2, -0.15) is 0 Å². The standard InChI is InChI=1S/C13H17BrClNO2S/c1-9(2)13(5-6-13)8-16-19(17,18)12-4-3-10(14)7-11(12)15/h3-4,7,9,16H,5-6,8H2,1-2H3. The molecule has 3 nitrogen and oxygen atoms in total. The lowest BCUT2D eigenvalue weighted by atomic mass is 9.93. The van der Waals surface area contributed by atoms with Crippen LogP contribution in [0.5, 0.6) is 0 Å².